The molecule has 1 aromatic carbocycles. The molecule has 3 atom stereocenters. The Bertz CT molecular complexity index is 573. The van der Waals surface area contributed by atoms with Crippen LogP contribution < -0.4 is 0 Å². The Morgan fingerprint density at radius 1 is 1.14 bits per heavy atom. The second-order valence-electron chi connectivity index (χ2n) is 7.47. The van der Waals surface area contributed by atoms with Gasteiger partial charge in [0.15, 0.2) is 0 Å². The Hall–Kier alpha value is -1.02. The summed E-state index contributed by atoms with van der Waals surface area (Å²) < 4.78 is 0. The first-order valence-corrected chi connectivity index (χ1v) is 9.29. The van der Waals surface area contributed by atoms with Crippen molar-refractivity contribution in [3.8, 4) is 0 Å². The van der Waals surface area contributed by atoms with Gasteiger partial charge in [-0.05, 0) is 42.2 Å². The van der Waals surface area contributed by atoms with Crippen LogP contribution in [0.25, 0.3) is 0 Å². The monoisotopic (exact) mass is 314 g/mol. The molecule has 0 saturated heterocycles. The van der Waals surface area contributed by atoms with Crippen LogP contribution in [0.3, 0.4) is 0 Å². The number of carbonyl (C=O) groups is 1. The van der Waals surface area contributed by atoms with Crippen LogP contribution in [-0.2, 0) is 4.79 Å². The number of hydrogen-bond acceptors (Lipinski definition) is 2. The average molecular weight is 314 g/mol. The first-order chi connectivity index (χ1) is 10.5. The summed E-state index contributed by atoms with van der Waals surface area (Å²) in [5, 5.41) is 0.400. The zero-order valence-electron chi connectivity index (χ0n) is 13.8. The summed E-state index contributed by atoms with van der Waals surface area (Å²) in [5.41, 5.74) is 1.77. The van der Waals surface area contributed by atoms with Gasteiger partial charge < -0.3 is 0 Å². The van der Waals surface area contributed by atoms with Gasteiger partial charge in [-0.15, -0.1) is 11.8 Å². The summed E-state index contributed by atoms with van der Waals surface area (Å²) in [7, 11) is 0. The predicted molar refractivity (Wildman–Crippen MR) is 94.1 cm³/mol. The molecule has 0 amide bonds. The van der Waals surface area contributed by atoms with Crippen LogP contribution >= 0.6 is 11.8 Å². The highest BCUT2D eigenvalue weighted by atomic mass is 32.2. The molecule has 3 rings (SSSR count). The van der Waals surface area contributed by atoms with Crippen molar-refractivity contribution in [3.05, 3.63) is 42.0 Å². The van der Waals surface area contributed by atoms with E-state index in [9.17, 15) is 4.79 Å². The third kappa shape index (κ3) is 3.17. The molecule has 0 unspecified atom stereocenters. The average Bonchev–Trinajstić information content (AvgIpc) is 2.75. The number of rotatable bonds is 2. The highest BCUT2D eigenvalue weighted by Gasteiger charge is 2.41. The summed E-state index contributed by atoms with van der Waals surface area (Å²) in [6.07, 6.45) is 6.35. The van der Waals surface area contributed by atoms with Gasteiger partial charge in [0.05, 0.1) is 0 Å². The fourth-order valence-corrected chi connectivity index (χ4v) is 5.12. The first kappa shape index (κ1) is 15.9. The smallest absolute Gasteiger partial charge is 0.133 e. The minimum atomic E-state index is 0.190. The summed E-state index contributed by atoms with van der Waals surface area (Å²) in [6, 6.07) is 10.6. The van der Waals surface area contributed by atoms with Gasteiger partial charge in [0.2, 0.25) is 0 Å². The van der Waals surface area contributed by atoms with Crippen LogP contribution in [0.2, 0.25) is 0 Å². The number of allylic oxidation sites excluding steroid dienone is 1. The van der Waals surface area contributed by atoms with E-state index in [1.54, 1.807) is 5.57 Å². The van der Waals surface area contributed by atoms with Gasteiger partial charge in [0.1, 0.15) is 5.78 Å². The van der Waals surface area contributed by atoms with Crippen LogP contribution in [0.1, 0.15) is 46.5 Å². The van der Waals surface area contributed by atoms with E-state index >= 15 is 0 Å². The third-order valence-corrected chi connectivity index (χ3v) is 6.99. The van der Waals surface area contributed by atoms with E-state index in [0.717, 1.165) is 12.8 Å². The van der Waals surface area contributed by atoms with Gasteiger partial charge in [0, 0.05) is 23.0 Å². The standard InChI is InChI=1S/C20H26OS/c1-14-11-17(21)12-15-9-10-16(20(15,2)3)13-19(14)22-18-7-5-4-6-8-18/h4-8,13-15,19H,9-12H2,1-3H3/b16-13-/t14-,15-,19+/m1/s1. The molecule has 0 N–H and O–H groups in total. The molecular formula is C20H26OS. The molecule has 0 spiro atoms. The number of hydrogen-bond donors (Lipinski definition) is 0. The molecule has 0 aliphatic heterocycles. The van der Waals surface area contributed by atoms with Gasteiger partial charge in [-0.1, -0.05) is 50.6 Å². The lowest BCUT2D eigenvalue weighted by atomic mass is 9.77. The van der Waals surface area contributed by atoms with Gasteiger partial charge in [-0.25, -0.2) is 0 Å². The maximum Gasteiger partial charge on any atom is 0.133 e. The number of carbonyl (C=O) groups excluding carboxylic acids is 1. The van der Waals surface area contributed by atoms with Crippen molar-refractivity contribution in [2.75, 3.05) is 0 Å². The third-order valence-electron chi connectivity index (χ3n) is 5.58. The van der Waals surface area contributed by atoms with E-state index in [2.05, 4.69) is 57.2 Å². The van der Waals surface area contributed by atoms with E-state index in [-0.39, 0.29) is 5.41 Å². The molecule has 2 aliphatic carbocycles. The second kappa shape index (κ2) is 6.23. The van der Waals surface area contributed by atoms with Crippen molar-refractivity contribution >= 4 is 17.5 Å². The van der Waals surface area contributed by atoms with Gasteiger partial charge >= 0.3 is 0 Å². The lowest BCUT2D eigenvalue weighted by Crippen LogP contribution is -2.21. The topological polar surface area (TPSA) is 17.1 Å². The Balaban J connectivity index is 1.92. The maximum absolute atomic E-state index is 12.4. The SMILES string of the molecule is C[C@@H]1CC(=O)C[C@H]2CC/C(=C/[C@@H]1Sc1ccccc1)C2(C)C. The fourth-order valence-electron chi connectivity index (χ4n) is 3.93. The largest absolute Gasteiger partial charge is 0.300 e. The number of Topliss-reactive ketones (excluding diaryl/α,β-unsaturated/α-hetero) is 1. The molecular weight excluding hydrogens is 288 g/mol. The Morgan fingerprint density at radius 2 is 1.86 bits per heavy atom. The highest BCUT2D eigenvalue weighted by Crippen LogP contribution is 2.51. The molecule has 0 aromatic heterocycles. The number of thioether (sulfide) groups is 1. The zero-order chi connectivity index (χ0) is 15.7. The molecule has 1 nitrogen and oxygen atoms in total. The van der Waals surface area contributed by atoms with Crippen molar-refractivity contribution in [1.82, 2.24) is 0 Å². The van der Waals surface area contributed by atoms with Gasteiger partial charge in [-0.2, -0.15) is 0 Å². The van der Waals surface area contributed by atoms with E-state index in [1.807, 2.05) is 11.8 Å². The van der Waals surface area contributed by atoms with Crippen LogP contribution in [0.4, 0.5) is 0 Å². The van der Waals surface area contributed by atoms with E-state index in [1.165, 1.54) is 17.7 Å². The van der Waals surface area contributed by atoms with Crippen molar-refractivity contribution in [2.24, 2.45) is 17.3 Å². The van der Waals surface area contributed by atoms with Crippen molar-refractivity contribution < 1.29 is 4.79 Å². The van der Waals surface area contributed by atoms with Crippen molar-refractivity contribution in [1.29, 1.82) is 0 Å². The zero-order valence-corrected chi connectivity index (χ0v) is 14.7. The number of ketones is 1. The van der Waals surface area contributed by atoms with E-state index in [0.29, 0.717) is 22.9 Å². The Kier molecular flexibility index (Phi) is 4.49. The van der Waals surface area contributed by atoms with Crippen molar-refractivity contribution in [3.63, 3.8) is 0 Å². The Morgan fingerprint density at radius 3 is 2.59 bits per heavy atom. The van der Waals surface area contributed by atoms with Crippen LogP contribution in [0.15, 0.2) is 46.9 Å². The van der Waals surface area contributed by atoms with Gasteiger partial charge in [-0.3, -0.25) is 4.79 Å². The highest BCUT2D eigenvalue weighted by molar-refractivity contribution is 8.00. The predicted octanol–water partition coefficient (Wildman–Crippen LogP) is 5.51. The molecule has 2 heteroatoms. The minimum absolute atomic E-state index is 0.190. The molecule has 118 valence electrons. The molecule has 0 radical (unpaired) electrons. The van der Waals surface area contributed by atoms with E-state index < -0.39 is 0 Å². The molecule has 1 aromatic rings. The molecule has 22 heavy (non-hydrogen) atoms. The maximum atomic E-state index is 12.4. The summed E-state index contributed by atoms with van der Waals surface area (Å²) >= 11 is 1.92. The second-order valence-corrected chi connectivity index (χ2v) is 8.72. The normalized spacial score (nSPS) is 33.5. The quantitative estimate of drug-likeness (QED) is 0.670. The van der Waals surface area contributed by atoms with Crippen LogP contribution in [0.5, 0.6) is 0 Å². The van der Waals surface area contributed by atoms with Crippen molar-refractivity contribution in [2.45, 2.75) is 56.6 Å². The van der Waals surface area contributed by atoms with Crippen LogP contribution in [-0.4, -0.2) is 11.0 Å². The molecule has 0 heterocycles. The van der Waals surface area contributed by atoms with Crippen LogP contribution in [0, 0.1) is 17.3 Å². The lowest BCUT2D eigenvalue weighted by Gasteiger charge is -2.28. The molecule has 2 bridgehead atoms. The summed E-state index contributed by atoms with van der Waals surface area (Å²) in [6.45, 7) is 6.91. The molecule has 1 saturated carbocycles. The number of benzene rings is 1. The fraction of sp³-hybridized carbons (Fsp3) is 0.550. The Labute approximate surface area is 138 Å². The molecule has 2 aliphatic rings. The molecule has 1 fully saturated rings. The minimum Gasteiger partial charge on any atom is -0.300 e. The van der Waals surface area contributed by atoms with E-state index in [4.69, 9.17) is 0 Å². The number of fused-ring (bicyclic) bond motifs is 2. The lowest BCUT2D eigenvalue weighted by molar-refractivity contribution is -0.121. The van der Waals surface area contributed by atoms with Gasteiger partial charge in [0.25, 0.3) is 0 Å². The summed E-state index contributed by atoms with van der Waals surface area (Å²) in [4.78, 5) is 13.7. The summed E-state index contributed by atoms with van der Waals surface area (Å²) in [5.74, 6) is 1.40. The first-order valence-electron chi connectivity index (χ1n) is 8.41.